The first-order valence-electron chi connectivity index (χ1n) is 10.4. The Morgan fingerprint density at radius 1 is 1.17 bits per heavy atom. The molecule has 29 heavy (non-hydrogen) atoms. The lowest BCUT2D eigenvalue weighted by Crippen LogP contribution is -2.56. The average Bonchev–Trinajstić information content (AvgIpc) is 2.71. The lowest BCUT2D eigenvalue weighted by atomic mass is 9.74. The maximum absolute atomic E-state index is 13.2. The fourth-order valence-electron chi connectivity index (χ4n) is 4.19. The SMILES string of the molecule is Cc1ccc(CC2(N(C)C)C(=O)C=CC=C2C(=O)CCCN2CCOCC2)cc1. The number of rotatable bonds is 8. The monoisotopic (exact) mass is 396 g/mol. The number of allylic oxidation sites excluding steroid dienone is 2. The largest absolute Gasteiger partial charge is 0.379 e. The van der Waals surface area contributed by atoms with E-state index in [1.54, 1.807) is 12.2 Å². The van der Waals surface area contributed by atoms with Gasteiger partial charge < -0.3 is 4.74 Å². The summed E-state index contributed by atoms with van der Waals surface area (Å²) >= 11 is 0. The molecule has 0 amide bonds. The molecule has 0 saturated carbocycles. The van der Waals surface area contributed by atoms with Crippen molar-refractivity contribution in [2.45, 2.75) is 31.7 Å². The van der Waals surface area contributed by atoms with Gasteiger partial charge in [-0.1, -0.05) is 42.0 Å². The van der Waals surface area contributed by atoms with Gasteiger partial charge in [0.25, 0.3) is 0 Å². The van der Waals surface area contributed by atoms with Crippen LogP contribution in [-0.2, 0) is 20.7 Å². The summed E-state index contributed by atoms with van der Waals surface area (Å²) in [6.45, 7) is 6.31. The third-order valence-corrected chi connectivity index (χ3v) is 5.99. The van der Waals surface area contributed by atoms with Crippen molar-refractivity contribution in [3.8, 4) is 0 Å². The van der Waals surface area contributed by atoms with Gasteiger partial charge in [0, 0.05) is 31.5 Å². The van der Waals surface area contributed by atoms with Crippen LogP contribution in [0.1, 0.15) is 24.0 Å². The number of nitrogens with zero attached hydrogens (tertiary/aromatic N) is 2. The van der Waals surface area contributed by atoms with Crippen molar-refractivity contribution in [3.63, 3.8) is 0 Å². The van der Waals surface area contributed by atoms with E-state index in [0.29, 0.717) is 18.4 Å². The Morgan fingerprint density at radius 2 is 1.86 bits per heavy atom. The zero-order valence-corrected chi connectivity index (χ0v) is 17.8. The number of benzene rings is 1. The van der Waals surface area contributed by atoms with E-state index < -0.39 is 5.54 Å². The van der Waals surface area contributed by atoms with Crippen molar-refractivity contribution in [2.24, 2.45) is 0 Å². The highest BCUT2D eigenvalue weighted by Crippen LogP contribution is 2.33. The molecule has 1 aromatic rings. The van der Waals surface area contributed by atoms with Gasteiger partial charge in [-0.2, -0.15) is 0 Å². The van der Waals surface area contributed by atoms with Gasteiger partial charge in [-0.25, -0.2) is 0 Å². The zero-order valence-electron chi connectivity index (χ0n) is 17.8. The van der Waals surface area contributed by atoms with E-state index in [9.17, 15) is 9.59 Å². The first-order chi connectivity index (χ1) is 13.9. The highest BCUT2D eigenvalue weighted by atomic mass is 16.5. The number of morpholine rings is 1. The Morgan fingerprint density at radius 3 is 2.52 bits per heavy atom. The van der Waals surface area contributed by atoms with E-state index >= 15 is 0 Å². The van der Waals surface area contributed by atoms with Crippen LogP contribution in [0.3, 0.4) is 0 Å². The maximum atomic E-state index is 13.2. The maximum Gasteiger partial charge on any atom is 0.180 e. The van der Waals surface area contributed by atoms with Crippen LogP contribution in [0.4, 0.5) is 0 Å². The van der Waals surface area contributed by atoms with Gasteiger partial charge in [0.05, 0.1) is 13.2 Å². The van der Waals surface area contributed by atoms with Crippen LogP contribution in [0, 0.1) is 6.92 Å². The molecule has 1 aliphatic carbocycles. The van der Waals surface area contributed by atoms with Crippen molar-refractivity contribution in [1.29, 1.82) is 0 Å². The number of aryl methyl sites for hydroxylation is 1. The van der Waals surface area contributed by atoms with Gasteiger partial charge in [-0.3, -0.25) is 19.4 Å². The highest BCUT2D eigenvalue weighted by Gasteiger charge is 2.46. The number of ether oxygens (including phenoxy) is 1. The molecular formula is C24H32N2O3. The molecule has 2 aliphatic rings. The number of hydrogen-bond donors (Lipinski definition) is 0. The van der Waals surface area contributed by atoms with Crippen molar-refractivity contribution in [3.05, 3.63) is 59.2 Å². The molecule has 5 heteroatoms. The summed E-state index contributed by atoms with van der Waals surface area (Å²) in [4.78, 5) is 30.6. The lowest BCUT2D eigenvalue weighted by Gasteiger charge is -2.41. The molecule has 0 aromatic heterocycles. The summed E-state index contributed by atoms with van der Waals surface area (Å²) in [5.41, 5.74) is 1.90. The summed E-state index contributed by atoms with van der Waals surface area (Å²) in [5, 5.41) is 0. The van der Waals surface area contributed by atoms with Crippen molar-refractivity contribution in [2.75, 3.05) is 46.9 Å². The van der Waals surface area contributed by atoms with Gasteiger partial charge in [0.2, 0.25) is 0 Å². The number of likely N-dealkylation sites (N-methyl/N-ethyl adjacent to an activating group) is 1. The molecule has 3 rings (SSSR count). The molecule has 0 radical (unpaired) electrons. The van der Waals surface area contributed by atoms with Crippen LogP contribution in [0.15, 0.2) is 48.1 Å². The predicted octanol–water partition coefficient (Wildman–Crippen LogP) is 2.58. The molecule has 1 saturated heterocycles. The van der Waals surface area contributed by atoms with Crippen molar-refractivity contribution < 1.29 is 14.3 Å². The fourth-order valence-corrected chi connectivity index (χ4v) is 4.19. The van der Waals surface area contributed by atoms with Crippen molar-refractivity contribution in [1.82, 2.24) is 9.80 Å². The third kappa shape index (κ3) is 4.92. The molecule has 1 unspecified atom stereocenters. The van der Waals surface area contributed by atoms with E-state index in [-0.39, 0.29) is 11.6 Å². The van der Waals surface area contributed by atoms with E-state index in [1.807, 2.05) is 44.1 Å². The van der Waals surface area contributed by atoms with E-state index in [2.05, 4.69) is 17.0 Å². The zero-order chi connectivity index (χ0) is 20.9. The van der Waals surface area contributed by atoms with Crippen LogP contribution < -0.4 is 0 Å². The van der Waals surface area contributed by atoms with E-state index in [4.69, 9.17) is 4.74 Å². The summed E-state index contributed by atoms with van der Waals surface area (Å²) < 4.78 is 5.38. The molecule has 1 fully saturated rings. The van der Waals surface area contributed by atoms with Crippen LogP contribution in [0.5, 0.6) is 0 Å². The normalized spacial score (nSPS) is 22.8. The minimum atomic E-state index is -0.944. The molecule has 0 bridgehead atoms. The predicted molar refractivity (Wildman–Crippen MR) is 115 cm³/mol. The Balaban J connectivity index is 1.76. The minimum absolute atomic E-state index is 0.0258. The molecule has 0 spiro atoms. The first-order valence-corrected chi connectivity index (χ1v) is 10.4. The number of Topliss-reactive ketones (excluding diaryl/α,β-unsaturated/α-hetero) is 1. The van der Waals surface area contributed by atoms with Crippen LogP contribution in [0.2, 0.25) is 0 Å². The fraction of sp³-hybridized carbons (Fsp3) is 0.500. The summed E-state index contributed by atoms with van der Waals surface area (Å²) in [7, 11) is 3.78. The van der Waals surface area contributed by atoms with Gasteiger partial charge >= 0.3 is 0 Å². The lowest BCUT2D eigenvalue weighted by molar-refractivity contribution is -0.126. The second kappa shape index (κ2) is 9.61. The summed E-state index contributed by atoms with van der Waals surface area (Å²) in [6.07, 6.45) is 6.89. The van der Waals surface area contributed by atoms with E-state index in [1.165, 1.54) is 5.56 Å². The molecule has 1 aliphatic heterocycles. The number of hydrogen-bond acceptors (Lipinski definition) is 5. The van der Waals surface area contributed by atoms with Crippen LogP contribution in [0.25, 0.3) is 0 Å². The van der Waals surface area contributed by atoms with Crippen LogP contribution in [-0.4, -0.2) is 73.8 Å². The molecule has 156 valence electrons. The van der Waals surface area contributed by atoms with Gasteiger partial charge in [-0.15, -0.1) is 0 Å². The Labute approximate surface area is 174 Å². The first kappa shape index (κ1) is 21.6. The summed E-state index contributed by atoms with van der Waals surface area (Å²) in [6, 6.07) is 8.20. The molecule has 1 heterocycles. The second-order valence-electron chi connectivity index (χ2n) is 8.20. The van der Waals surface area contributed by atoms with Gasteiger partial charge in [0.1, 0.15) is 5.54 Å². The Kier molecular flexibility index (Phi) is 7.17. The average molecular weight is 397 g/mol. The minimum Gasteiger partial charge on any atom is -0.379 e. The number of carbonyl (C=O) groups is 2. The smallest absolute Gasteiger partial charge is 0.180 e. The molecule has 0 N–H and O–H groups in total. The summed E-state index contributed by atoms with van der Waals surface area (Å²) in [5.74, 6) is 0.0406. The second-order valence-corrected chi connectivity index (χ2v) is 8.20. The topological polar surface area (TPSA) is 49.9 Å². The van der Waals surface area contributed by atoms with E-state index in [0.717, 1.165) is 44.8 Å². The quantitative estimate of drug-likeness (QED) is 0.676. The standard InChI is InChI=1S/C24H32N2O3/c1-19-9-11-20(12-10-19)18-24(25(2)3)21(6-4-8-23(24)28)22(27)7-5-13-26-14-16-29-17-15-26/h4,6,8-12H,5,7,13-18H2,1-3H3. The molecular weight excluding hydrogens is 364 g/mol. The third-order valence-electron chi connectivity index (χ3n) is 5.99. The van der Waals surface area contributed by atoms with Crippen molar-refractivity contribution >= 4 is 11.6 Å². The Bertz CT molecular complexity index is 789. The number of carbonyl (C=O) groups excluding carboxylic acids is 2. The molecule has 5 nitrogen and oxygen atoms in total. The highest BCUT2D eigenvalue weighted by molar-refractivity contribution is 6.12. The van der Waals surface area contributed by atoms with Crippen LogP contribution >= 0.6 is 0 Å². The number of ketones is 2. The molecule has 1 aromatic carbocycles. The van der Waals surface area contributed by atoms with Gasteiger partial charge in [0.15, 0.2) is 11.6 Å². The molecule has 1 atom stereocenters. The van der Waals surface area contributed by atoms with Gasteiger partial charge in [-0.05, 0) is 45.6 Å². The Hall–Kier alpha value is -2.08.